The second-order valence-corrected chi connectivity index (χ2v) is 7.15. The van der Waals surface area contributed by atoms with Gasteiger partial charge in [-0.15, -0.1) is 0 Å². The van der Waals surface area contributed by atoms with Crippen molar-refractivity contribution in [2.75, 3.05) is 20.2 Å². The number of aliphatic hydroxyl groups is 1. The number of rotatable bonds is 4. The molecule has 6 heteroatoms. The molecule has 0 bridgehead atoms. The molecular weight excluding hydrogens is 278 g/mol. The molecule has 0 radical (unpaired) electrons. The lowest BCUT2D eigenvalue weighted by Gasteiger charge is -2.35. The average molecular weight is 299 g/mol. The van der Waals surface area contributed by atoms with Crippen molar-refractivity contribution in [3.05, 3.63) is 29.8 Å². The van der Waals surface area contributed by atoms with Crippen molar-refractivity contribution in [1.29, 1.82) is 0 Å². The fraction of sp³-hybridized carbons (Fsp3) is 0.571. The second-order valence-electron chi connectivity index (χ2n) is 5.21. The van der Waals surface area contributed by atoms with Crippen molar-refractivity contribution in [1.82, 2.24) is 4.31 Å². The van der Waals surface area contributed by atoms with Gasteiger partial charge in [-0.3, -0.25) is 0 Å². The molecule has 0 spiro atoms. The first-order valence-electron chi connectivity index (χ1n) is 6.71. The summed E-state index contributed by atoms with van der Waals surface area (Å²) in [4.78, 5) is 0.230. The van der Waals surface area contributed by atoms with Crippen LogP contribution in [0.2, 0.25) is 0 Å². The van der Waals surface area contributed by atoms with Gasteiger partial charge >= 0.3 is 0 Å². The zero-order chi connectivity index (χ0) is 14.8. The molecule has 0 aromatic heterocycles. The standard InChI is InChI=1S/C14H21NO4S/c1-11-6-7-15(9-14(11)19-2)20(17,18)13-5-3-4-12(8-13)10-16/h3-5,8,11,14,16H,6-7,9-10H2,1-2H3. The Kier molecular flexibility index (Phi) is 4.80. The van der Waals surface area contributed by atoms with Crippen LogP contribution in [0.15, 0.2) is 29.2 Å². The first-order valence-corrected chi connectivity index (χ1v) is 8.15. The third-order valence-electron chi connectivity index (χ3n) is 3.87. The van der Waals surface area contributed by atoms with Gasteiger partial charge in [0.25, 0.3) is 0 Å². The molecule has 20 heavy (non-hydrogen) atoms. The summed E-state index contributed by atoms with van der Waals surface area (Å²) in [5.74, 6) is 0.357. The minimum atomic E-state index is -3.52. The number of aliphatic hydroxyl groups excluding tert-OH is 1. The molecule has 1 aromatic rings. The maximum absolute atomic E-state index is 12.6. The van der Waals surface area contributed by atoms with E-state index in [1.165, 1.54) is 10.4 Å². The summed E-state index contributed by atoms with van der Waals surface area (Å²) < 4.78 is 32.1. The molecule has 0 saturated carbocycles. The number of ether oxygens (including phenoxy) is 1. The largest absolute Gasteiger partial charge is 0.392 e. The van der Waals surface area contributed by atoms with Gasteiger partial charge in [-0.2, -0.15) is 4.31 Å². The van der Waals surface area contributed by atoms with E-state index in [0.29, 0.717) is 24.6 Å². The number of piperidine rings is 1. The van der Waals surface area contributed by atoms with E-state index in [4.69, 9.17) is 9.84 Å². The van der Waals surface area contributed by atoms with Crippen LogP contribution in [0.4, 0.5) is 0 Å². The second kappa shape index (κ2) is 6.22. The summed E-state index contributed by atoms with van der Waals surface area (Å²) in [5.41, 5.74) is 0.597. The van der Waals surface area contributed by atoms with Crippen molar-refractivity contribution < 1.29 is 18.3 Å². The van der Waals surface area contributed by atoms with Crippen LogP contribution in [-0.4, -0.2) is 44.1 Å². The molecule has 2 unspecified atom stereocenters. The zero-order valence-electron chi connectivity index (χ0n) is 11.8. The molecule has 2 atom stereocenters. The highest BCUT2D eigenvalue weighted by Gasteiger charge is 2.33. The van der Waals surface area contributed by atoms with Gasteiger partial charge < -0.3 is 9.84 Å². The molecule has 1 saturated heterocycles. The maximum Gasteiger partial charge on any atom is 0.243 e. The molecule has 112 valence electrons. The summed E-state index contributed by atoms with van der Waals surface area (Å²) in [6.45, 7) is 2.79. The van der Waals surface area contributed by atoms with Crippen molar-refractivity contribution >= 4 is 10.0 Å². The Bertz CT molecular complexity index is 558. The monoisotopic (exact) mass is 299 g/mol. The Labute approximate surface area is 120 Å². The van der Waals surface area contributed by atoms with E-state index >= 15 is 0 Å². The van der Waals surface area contributed by atoms with E-state index in [9.17, 15) is 8.42 Å². The maximum atomic E-state index is 12.6. The summed E-state index contributed by atoms with van der Waals surface area (Å²) in [5, 5.41) is 9.12. The normalized spacial score (nSPS) is 24.8. The number of methoxy groups -OCH3 is 1. The number of sulfonamides is 1. The Morgan fingerprint density at radius 2 is 2.20 bits per heavy atom. The number of hydrogen-bond donors (Lipinski definition) is 1. The first kappa shape index (κ1) is 15.4. The minimum Gasteiger partial charge on any atom is -0.392 e. The van der Waals surface area contributed by atoms with Crippen LogP contribution >= 0.6 is 0 Å². The number of benzene rings is 1. The Balaban J connectivity index is 2.25. The van der Waals surface area contributed by atoms with Crippen LogP contribution < -0.4 is 0 Å². The van der Waals surface area contributed by atoms with E-state index in [1.807, 2.05) is 0 Å². The minimum absolute atomic E-state index is 0.0699. The van der Waals surface area contributed by atoms with E-state index in [0.717, 1.165) is 6.42 Å². The molecule has 0 amide bonds. The lowest BCUT2D eigenvalue weighted by Crippen LogP contribution is -2.46. The van der Waals surface area contributed by atoms with Crippen molar-refractivity contribution in [3.63, 3.8) is 0 Å². The van der Waals surface area contributed by atoms with Crippen molar-refractivity contribution in [2.24, 2.45) is 5.92 Å². The first-order chi connectivity index (χ1) is 9.48. The average Bonchev–Trinajstić information content (AvgIpc) is 2.47. The predicted octanol–water partition coefficient (Wildman–Crippen LogP) is 1.22. The fourth-order valence-electron chi connectivity index (χ4n) is 2.48. The summed E-state index contributed by atoms with van der Waals surface area (Å²) in [6, 6.07) is 6.44. The van der Waals surface area contributed by atoms with Gasteiger partial charge in [0.2, 0.25) is 10.0 Å². The van der Waals surface area contributed by atoms with Gasteiger partial charge in [-0.1, -0.05) is 19.1 Å². The Morgan fingerprint density at radius 3 is 2.85 bits per heavy atom. The zero-order valence-corrected chi connectivity index (χ0v) is 12.6. The third kappa shape index (κ3) is 3.03. The van der Waals surface area contributed by atoms with Crippen LogP contribution in [0, 0.1) is 5.92 Å². The van der Waals surface area contributed by atoms with Gasteiger partial charge in [0.05, 0.1) is 17.6 Å². The molecule has 1 fully saturated rings. The van der Waals surface area contributed by atoms with Crippen molar-refractivity contribution in [2.45, 2.75) is 31.0 Å². The highest BCUT2D eigenvalue weighted by atomic mass is 32.2. The Morgan fingerprint density at radius 1 is 1.45 bits per heavy atom. The lowest BCUT2D eigenvalue weighted by atomic mass is 9.97. The van der Waals surface area contributed by atoms with Gasteiger partial charge in [-0.05, 0) is 30.0 Å². The smallest absolute Gasteiger partial charge is 0.243 e. The van der Waals surface area contributed by atoms with Gasteiger partial charge in [0.15, 0.2) is 0 Å². The van der Waals surface area contributed by atoms with Crippen LogP contribution in [0.1, 0.15) is 18.9 Å². The highest BCUT2D eigenvalue weighted by molar-refractivity contribution is 7.89. The predicted molar refractivity (Wildman–Crippen MR) is 75.7 cm³/mol. The van der Waals surface area contributed by atoms with Crippen LogP contribution in [0.5, 0.6) is 0 Å². The number of hydrogen-bond acceptors (Lipinski definition) is 4. The molecule has 2 rings (SSSR count). The van der Waals surface area contributed by atoms with Crippen molar-refractivity contribution in [3.8, 4) is 0 Å². The molecule has 0 aliphatic carbocycles. The van der Waals surface area contributed by atoms with Gasteiger partial charge in [-0.25, -0.2) is 8.42 Å². The topological polar surface area (TPSA) is 66.8 Å². The Hall–Kier alpha value is -0.950. The van der Waals surface area contributed by atoms with E-state index in [-0.39, 0.29) is 17.6 Å². The summed E-state index contributed by atoms with van der Waals surface area (Å²) in [7, 11) is -1.90. The van der Waals surface area contributed by atoms with E-state index in [2.05, 4.69) is 6.92 Å². The SMILES string of the molecule is COC1CN(S(=O)(=O)c2cccc(CO)c2)CCC1C. The van der Waals surface area contributed by atoms with Crippen LogP contribution in [-0.2, 0) is 21.4 Å². The number of nitrogens with zero attached hydrogens (tertiary/aromatic N) is 1. The third-order valence-corrected chi connectivity index (χ3v) is 5.73. The molecular formula is C14H21NO4S. The molecule has 1 aromatic carbocycles. The highest BCUT2D eigenvalue weighted by Crippen LogP contribution is 2.25. The van der Waals surface area contributed by atoms with Crippen LogP contribution in [0.3, 0.4) is 0 Å². The lowest BCUT2D eigenvalue weighted by molar-refractivity contribution is 0.0184. The quantitative estimate of drug-likeness (QED) is 0.908. The van der Waals surface area contributed by atoms with E-state index < -0.39 is 10.0 Å². The molecule has 1 N–H and O–H groups in total. The van der Waals surface area contributed by atoms with E-state index in [1.54, 1.807) is 25.3 Å². The summed E-state index contributed by atoms with van der Waals surface area (Å²) >= 11 is 0. The van der Waals surface area contributed by atoms with Crippen LogP contribution in [0.25, 0.3) is 0 Å². The molecule has 5 nitrogen and oxygen atoms in total. The molecule has 1 heterocycles. The molecule has 1 aliphatic heterocycles. The van der Waals surface area contributed by atoms with Gasteiger partial charge in [0, 0.05) is 20.2 Å². The molecule has 1 aliphatic rings. The summed E-state index contributed by atoms with van der Waals surface area (Å²) in [6.07, 6.45) is 0.719. The fourth-order valence-corrected chi connectivity index (χ4v) is 4.02. The van der Waals surface area contributed by atoms with Gasteiger partial charge in [0.1, 0.15) is 0 Å².